The van der Waals surface area contributed by atoms with Gasteiger partial charge in [-0.05, 0) is 26.0 Å². The molecule has 0 amide bonds. The third-order valence-corrected chi connectivity index (χ3v) is 2.79. The molecule has 0 saturated heterocycles. The Bertz CT molecular complexity index is 571. The Hall–Kier alpha value is -2.04. The van der Waals surface area contributed by atoms with Gasteiger partial charge in [-0.15, -0.1) is 0 Å². The van der Waals surface area contributed by atoms with Gasteiger partial charge in [0.25, 0.3) is 0 Å². The van der Waals surface area contributed by atoms with Gasteiger partial charge in [-0.2, -0.15) is 0 Å². The molecule has 0 spiro atoms. The SMILES string of the molecule is COc1ccc2c(C(C)(C)C(=O)O)onc2c1. The van der Waals surface area contributed by atoms with Crippen molar-refractivity contribution in [2.45, 2.75) is 19.3 Å². The van der Waals surface area contributed by atoms with Crippen LogP contribution in [0.2, 0.25) is 0 Å². The number of carbonyl (C=O) groups is 1. The summed E-state index contributed by atoms with van der Waals surface area (Å²) in [5.74, 6) is 0.0551. The summed E-state index contributed by atoms with van der Waals surface area (Å²) in [5.41, 5.74) is -0.516. The van der Waals surface area contributed by atoms with Gasteiger partial charge >= 0.3 is 5.97 Å². The molecular formula is C12H13NO4. The highest BCUT2D eigenvalue weighted by Crippen LogP contribution is 2.32. The Kier molecular flexibility index (Phi) is 2.53. The second-order valence-electron chi connectivity index (χ2n) is 4.32. The molecule has 0 atom stereocenters. The fourth-order valence-corrected chi connectivity index (χ4v) is 1.60. The standard InChI is InChI=1S/C12H13NO4/c1-12(2,11(14)15)10-8-5-4-7(16-3)6-9(8)13-17-10/h4-6H,1-3H3,(H,14,15). The van der Waals surface area contributed by atoms with Gasteiger partial charge in [-0.25, -0.2) is 0 Å². The maximum atomic E-state index is 11.2. The molecule has 0 aliphatic carbocycles. The highest BCUT2D eigenvalue weighted by molar-refractivity contribution is 5.89. The molecule has 1 N–H and O–H groups in total. The minimum atomic E-state index is -1.11. The Labute approximate surface area is 98.0 Å². The first-order valence-corrected chi connectivity index (χ1v) is 5.14. The van der Waals surface area contributed by atoms with Gasteiger partial charge in [0, 0.05) is 11.5 Å². The molecule has 1 aromatic carbocycles. The summed E-state index contributed by atoms with van der Waals surface area (Å²) in [6, 6.07) is 5.21. The zero-order valence-corrected chi connectivity index (χ0v) is 9.85. The number of hydrogen-bond acceptors (Lipinski definition) is 4. The van der Waals surface area contributed by atoms with Crippen molar-refractivity contribution >= 4 is 16.9 Å². The van der Waals surface area contributed by atoms with E-state index in [1.807, 2.05) is 0 Å². The molecule has 0 aliphatic rings. The number of hydrogen-bond donors (Lipinski definition) is 1. The van der Waals surface area contributed by atoms with Gasteiger partial charge in [0.05, 0.1) is 7.11 Å². The van der Waals surface area contributed by atoms with Crippen molar-refractivity contribution < 1.29 is 19.2 Å². The van der Waals surface area contributed by atoms with Crippen molar-refractivity contribution in [1.29, 1.82) is 0 Å². The predicted molar refractivity (Wildman–Crippen MR) is 61.2 cm³/mol. The molecule has 0 fully saturated rings. The van der Waals surface area contributed by atoms with E-state index in [0.717, 1.165) is 0 Å². The first kappa shape index (κ1) is 11.4. The summed E-state index contributed by atoms with van der Waals surface area (Å²) >= 11 is 0. The van der Waals surface area contributed by atoms with Gasteiger partial charge in [0.2, 0.25) is 0 Å². The highest BCUT2D eigenvalue weighted by atomic mass is 16.5. The zero-order valence-electron chi connectivity index (χ0n) is 9.85. The van der Waals surface area contributed by atoms with Crippen LogP contribution in [-0.2, 0) is 10.2 Å². The van der Waals surface area contributed by atoms with Crippen LogP contribution >= 0.6 is 0 Å². The van der Waals surface area contributed by atoms with E-state index in [0.29, 0.717) is 22.4 Å². The third-order valence-electron chi connectivity index (χ3n) is 2.79. The topological polar surface area (TPSA) is 72.6 Å². The minimum absolute atomic E-state index is 0.350. The fraction of sp³-hybridized carbons (Fsp3) is 0.333. The lowest BCUT2D eigenvalue weighted by atomic mass is 9.88. The minimum Gasteiger partial charge on any atom is -0.497 e. The molecular weight excluding hydrogens is 222 g/mol. The lowest BCUT2D eigenvalue weighted by molar-refractivity contribution is -0.143. The fourth-order valence-electron chi connectivity index (χ4n) is 1.60. The van der Waals surface area contributed by atoms with Crippen molar-refractivity contribution in [3.63, 3.8) is 0 Å². The van der Waals surface area contributed by atoms with E-state index in [-0.39, 0.29) is 0 Å². The summed E-state index contributed by atoms with van der Waals surface area (Å²) in [7, 11) is 1.56. The van der Waals surface area contributed by atoms with E-state index in [2.05, 4.69) is 5.16 Å². The van der Waals surface area contributed by atoms with Crippen LogP contribution in [0.3, 0.4) is 0 Å². The van der Waals surface area contributed by atoms with Crippen molar-refractivity contribution in [3.8, 4) is 5.75 Å². The van der Waals surface area contributed by atoms with E-state index >= 15 is 0 Å². The van der Waals surface area contributed by atoms with Crippen molar-refractivity contribution in [3.05, 3.63) is 24.0 Å². The zero-order chi connectivity index (χ0) is 12.6. The number of methoxy groups -OCH3 is 1. The second-order valence-corrected chi connectivity index (χ2v) is 4.32. The van der Waals surface area contributed by atoms with Gasteiger partial charge in [0.15, 0.2) is 5.76 Å². The largest absolute Gasteiger partial charge is 0.497 e. The molecule has 5 heteroatoms. The van der Waals surface area contributed by atoms with Crippen LogP contribution in [-0.4, -0.2) is 23.3 Å². The number of carboxylic acids is 1. The van der Waals surface area contributed by atoms with Gasteiger partial charge in [-0.3, -0.25) is 4.79 Å². The van der Waals surface area contributed by atoms with Crippen LogP contribution < -0.4 is 4.74 Å². The quantitative estimate of drug-likeness (QED) is 0.882. The predicted octanol–water partition coefficient (Wildman–Crippen LogP) is 2.20. The van der Waals surface area contributed by atoms with E-state index in [1.165, 1.54) is 0 Å². The molecule has 0 saturated carbocycles. The van der Waals surface area contributed by atoms with E-state index < -0.39 is 11.4 Å². The number of aliphatic carboxylic acids is 1. The molecule has 0 bridgehead atoms. The maximum Gasteiger partial charge on any atom is 0.316 e. The number of nitrogens with zero attached hydrogens (tertiary/aromatic N) is 1. The van der Waals surface area contributed by atoms with Crippen LogP contribution in [0.5, 0.6) is 5.75 Å². The van der Waals surface area contributed by atoms with Gasteiger partial charge < -0.3 is 14.4 Å². The summed E-state index contributed by atoms with van der Waals surface area (Å²) in [6.07, 6.45) is 0. The number of ether oxygens (including phenoxy) is 1. The third kappa shape index (κ3) is 1.73. The molecule has 1 heterocycles. The van der Waals surface area contributed by atoms with E-state index in [4.69, 9.17) is 14.4 Å². The number of aromatic nitrogens is 1. The lowest BCUT2D eigenvalue weighted by Crippen LogP contribution is -2.28. The number of carboxylic acid groups (broad SMARTS) is 1. The van der Waals surface area contributed by atoms with E-state index in [9.17, 15) is 4.79 Å². The molecule has 2 rings (SSSR count). The number of fused-ring (bicyclic) bond motifs is 1. The number of benzene rings is 1. The van der Waals surface area contributed by atoms with Crippen molar-refractivity contribution in [2.24, 2.45) is 0 Å². The normalized spacial score (nSPS) is 11.7. The Balaban J connectivity index is 2.61. The first-order valence-electron chi connectivity index (χ1n) is 5.14. The first-order chi connectivity index (χ1) is 7.96. The maximum absolute atomic E-state index is 11.2. The second kappa shape index (κ2) is 3.76. The Morgan fingerprint density at radius 3 is 2.76 bits per heavy atom. The van der Waals surface area contributed by atoms with Crippen LogP contribution in [0.1, 0.15) is 19.6 Å². The number of rotatable bonds is 3. The van der Waals surface area contributed by atoms with Crippen molar-refractivity contribution in [2.75, 3.05) is 7.11 Å². The summed E-state index contributed by atoms with van der Waals surface area (Å²) in [5, 5.41) is 13.7. The van der Waals surface area contributed by atoms with Crippen LogP contribution in [0, 0.1) is 0 Å². The molecule has 2 aromatic rings. The molecule has 0 aliphatic heterocycles. The van der Waals surface area contributed by atoms with Crippen molar-refractivity contribution in [1.82, 2.24) is 5.16 Å². The molecule has 5 nitrogen and oxygen atoms in total. The molecule has 0 radical (unpaired) electrons. The highest BCUT2D eigenvalue weighted by Gasteiger charge is 2.35. The Morgan fingerprint density at radius 1 is 1.47 bits per heavy atom. The summed E-state index contributed by atoms with van der Waals surface area (Å²) in [6.45, 7) is 3.17. The monoisotopic (exact) mass is 235 g/mol. The molecule has 90 valence electrons. The summed E-state index contributed by atoms with van der Waals surface area (Å²) in [4.78, 5) is 11.2. The van der Waals surface area contributed by atoms with Crippen LogP contribution in [0.4, 0.5) is 0 Å². The molecule has 17 heavy (non-hydrogen) atoms. The summed E-state index contributed by atoms with van der Waals surface area (Å²) < 4.78 is 10.2. The van der Waals surface area contributed by atoms with Crippen LogP contribution in [0.15, 0.2) is 22.7 Å². The van der Waals surface area contributed by atoms with Crippen LogP contribution in [0.25, 0.3) is 10.9 Å². The average molecular weight is 235 g/mol. The van der Waals surface area contributed by atoms with Gasteiger partial charge in [-0.1, -0.05) is 5.16 Å². The molecule has 1 aromatic heterocycles. The Morgan fingerprint density at radius 2 is 2.18 bits per heavy atom. The average Bonchev–Trinajstić information content (AvgIpc) is 2.71. The lowest BCUT2D eigenvalue weighted by Gasteiger charge is -2.15. The molecule has 0 unspecified atom stereocenters. The van der Waals surface area contributed by atoms with E-state index in [1.54, 1.807) is 39.2 Å². The smallest absolute Gasteiger partial charge is 0.316 e. The van der Waals surface area contributed by atoms with Gasteiger partial charge in [0.1, 0.15) is 16.7 Å².